The van der Waals surface area contributed by atoms with E-state index in [2.05, 4.69) is 0 Å². The molecule has 1 fully saturated rings. The van der Waals surface area contributed by atoms with Crippen LogP contribution < -0.4 is 4.90 Å². The molecule has 7 heteroatoms. The third kappa shape index (κ3) is 3.99. The summed E-state index contributed by atoms with van der Waals surface area (Å²) in [7, 11) is 0. The van der Waals surface area contributed by atoms with Gasteiger partial charge in [-0.3, -0.25) is 9.69 Å². The zero-order chi connectivity index (χ0) is 22.1. The zero-order valence-corrected chi connectivity index (χ0v) is 19.1. The van der Waals surface area contributed by atoms with E-state index in [0.717, 1.165) is 22.5 Å². The second-order valence-electron chi connectivity index (χ2n) is 7.23. The average Bonchev–Trinajstić information content (AvgIpc) is 3.20. The molecule has 4 nitrogen and oxygen atoms in total. The molecule has 1 saturated heterocycles. The first kappa shape index (κ1) is 21.0. The van der Waals surface area contributed by atoms with E-state index in [4.69, 9.17) is 33.2 Å². The Morgan fingerprint density at radius 1 is 0.781 bits per heavy atom. The lowest BCUT2D eigenvalue weighted by Gasteiger charge is -2.24. The lowest BCUT2D eigenvalue weighted by molar-refractivity contribution is -0.115. The molecule has 0 aliphatic carbocycles. The molecular formula is C25H17Cl2N3OS. The fourth-order valence-electron chi connectivity index (χ4n) is 3.66. The molecule has 0 radical (unpaired) electrons. The molecule has 4 aromatic rings. The number of anilines is 1. The molecule has 1 unspecified atom stereocenters. The molecule has 158 valence electrons. The normalized spacial score (nSPS) is 15.9. The van der Waals surface area contributed by atoms with E-state index in [1.807, 2.05) is 66.7 Å². The van der Waals surface area contributed by atoms with E-state index in [1.165, 1.54) is 11.8 Å². The average molecular weight is 478 g/mol. The van der Waals surface area contributed by atoms with Crippen LogP contribution in [0.25, 0.3) is 22.5 Å². The van der Waals surface area contributed by atoms with E-state index in [9.17, 15) is 4.79 Å². The number of aromatic nitrogens is 2. The minimum atomic E-state index is -0.404. The number of rotatable bonds is 4. The van der Waals surface area contributed by atoms with E-state index in [1.54, 1.807) is 23.1 Å². The first-order valence-electron chi connectivity index (χ1n) is 9.99. The molecule has 0 bridgehead atoms. The second kappa shape index (κ2) is 8.94. The zero-order valence-electron chi connectivity index (χ0n) is 16.8. The number of hydrogen-bond acceptors (Lipinski definition) is 4. The van der Waals surface area contributed by atoms with Gasteiger partial charge in [0.25, 0.3) is 0 Å². The maximum absolute atomic E-state index is 13.0. The van der Waals surface area contributed by atoms with Crippen molar-refractivity contribution < 1.29 is 4.79 Å². The molecule has 1 aliphatic rings. The SMILES string of the molecule is O=C1CSC(c2c(Cl)cccc2Cl)N1c1nc(-c2ccccc2)cc(-c2ccccc2)n1. The lowest BCUT2D eigenvalue weighted by Crippen LogP contribution is -2.30. The van der Waals surface area contributed by atoms with Crippen LogP contribution in [0.15, 0.2) is 84.9 Å². The predicted octanol–water partition coefficient (Wildman–Crippen LogP) is 6.90. The van der Waals surface area contributed by atoms with Gasteiger partial charge in [0.1, 0.15) is 5.37 Å². The number of thioether (sulfide) groups is 1. The highest BCUT2D eigenvalue weighted by Crippen LogP contribution is 2.46. The topological polar surface area (TPSA) is 46.1 Å². The molecule has 3 aromatic carbocycles. The summed E-state index contributed by atoms with van der Waals surface area (Å²) in [5.41, 5.74) is 4.06. The predicted molar refractivity (Wildman–Crippen MR) is 132 cm³/mol. The number of amides is 1. The summed E-state index contributed by atoms with van der Waals surface area (Å²) >= 11 is 14.4. The molecule has 1 atom stereocenters. The Morgan fingerprint density at radius 2 is 1.31 bits per heavy atom. The highest BCUT2D eigenvalue weighted by molar-refractivity contribution is 8.00. The van der Waals surface area contributed by atoms with E-state index >= 15 is 0 Å². The van der Waals surface area contributed by atoms with Crippen molar-refractivity contribution in [2.24, 2.45) is 0 Å². The van der Waals surface area contributed by atoms with Crippen molar-refractivity contribution in [3.8, 4) is 22.5 Å². The maximum Gasteiger partial charge on any atom is 0.240 e. The first-order chi connectivity index (χ1) is 15.6. The van der Waals surface area contributed by atoms with Crippen molar-refractivity contribution >= 4 is 46.8 Å². The fourth-order valence-corrected chi connectivity index (χ4v) is 5.61. The molecule has 2 heterocycles. The Bertz CT molecular complexity index is 1210. The molecule has 5 rings (SSSR count). The van der Waals surface area contributed by atoms with Crippen LogP contribution >= 0.6 is 35.0 Å². The third-order valence-electron chi connectivity index (χ3n) is 5.18. The quantitative estimate of drug-likeness (QED) is 0.320. The van der Waals surface area contributed by atoms with E-state index in [0.29, 0.717) is 27.3 Å². The Kier molecular flexibility index (Phi) is 5.87. The largest absolute Gasteiger partial charge is 0.273 e. The second-order valence-corrected chi connectivity index (χ2v) is 9.12. The molecule has 1 amide bonds. The van der Waals surface area contributed by atoms with Crippen LogP contribution in [0.4, 0.5) is 5.95 Å². The molecular weight excluding hydrogens is 461 g/mol. The van der Waals surface area contributed by atoms with Crippen molar-refractivity contribution in [1.29, 1.82) is 0 Å². The van der Waals surface area contributed by atoms with E-state index < -0.39 is 5.37 Å². The maximum atomic E-state index is 13.0. The number of nitrogens with zero attached hydrogens (tertiary/aromatic N) is 3. The number of benzene rings is 3. The minimum absolute atomic E-state index is 0.0831. The van der Waals surface area contributed by atoms with Gasteiger partial charge in [-0.2, -0.15) is 0 Å². The van der Waals surface area contributed by atoms with Crippen LogP contribution in [0.3, 0.4) is 0 Å². The molecule has 0 N–H and O–H groups in total. The smallest absolute Gasteiger partial charge is 0.240 e. The number of carbonyl (C=O) groups excluding carboxylic acids is 1. The summed E-state index contributed by atoms with van der Waals surface area (Å²) in [4.78, 5) is 24.2. The Labute approximate surface area is 200 Å². The monoisotopic (exact) mass is 477 g/mol. The summed E-state index contributed by atoms with van der Waals surface area (Å²) in [5.74, 6) is 0.549. The van der Waals surface area contributed by atoms with Gasteiger partial charge in [-0.15, -0.1) is 11.8 Å². The van der Waals surface area contributed by atoms with Gasteiger partial charge >= 0.3 is 0 Å². The van der Waals surface area contributed by atoms with Gasteiger partial charge < -0.3 is 0 Å². The van der Waals surface area contributed by atoms with Gasteiger partial charge in [0.2, 0.25) is 11.9 Å². The molecule has 1 aliphatic heterocycles. The van der Waals surface area contributed by atoms with Gasteiger partial charge in [0, 0.05) is 26.7 Å². The van der Waals surface area contributed by atoms with Gasteiger partial charge in [0.05, 0.1) is 17.1 Å². The van der Waals surface area contributed by atoms with Crippen LogP contribution in [0.5, 0.6) is 0 Å². The van der Waals surface area contributed by atoms with Crippen LogP contribution in [0.2, 0.25) is 10.0 Å². The summed E-state index contributed by atoms with van der Waals surface area (Å²) in [6, 6.07) is 27.0. The first-order valence-corrected chi connectivity index (χ1v) is 11.8. The Morgan fingerprint density at radius 3 is 1.84 bits per heavy atom. The molecule has 1 aromatic heterocycles. The van der Waals surface area contributed by atoms with Crippen LogP contribution in [-0.2, 0) is 4.79 Å². The molecule has 0 saturated carbocycles. The summed E-state index contributed by atoms with van der Waals surface area (Å²) in [6.45, 7) is 0. The lowest BCUT2D eigenvalue weighted by atomic mass is 10.1. The van der Waals surface area contributed by atoms with Gasteiger partial charge in [0.15, 0.2) is 0 Å². The minimum Gasteiger partial charge on any atom is -0.273 e. The van der Waals surface area contributed by atoms with Crippen LogP contribution in [0, 0.1) is 0 Å². The summed E-state index contributed by atoms with van der Waals surface area (Å²) in [5, 5.41) is 0.618. The van der Waals surface area contributed by atoms with Gasteiger partial charge in [-0.05, 0) is 18.2 Å². The highest BCUT2D eigenvalue weighted by Gasteiger charge is 2.38. The van der Waals surface area contributed by atoms with Gasteiger partial charge in [-0.1, -0.05) is 89.9 Å². The van der Waals surface area contributed by atoms with Crippen molar-refractivity contribution in [2.45, 2.75) is 5.37 Å². The fraction of sp³-hybridized carbons (Fsp3) is 0.0800. The Hall–Kier alpha value is -2.86. The summed E-state index contributed by atoms with van der Waals surface area (Å²) < 4.78 is 0. The van der Waals surface area contributed by atoms with E-state index in [-0.39, 0.29) is 5.91 Å². The van der Waals surface area contributed by atoms with Crippen LogP contribution in [0.1, 0.15) is 10.9 Å². The standard InChI is InChI=1S/C25H17Cl2N3OS/c26-18-12-7-13-19(27)23(18)24-30(22(31)15-32-24)25-28-20(16-8-3-1-4-9-16)14-21(29-25)17-10-5-2-6-11-17/h1-14,24H,15H2. The number of carbonyl (C=O) groups is 1. The highest BCUT2D eigenvalue weighted by atomic mass is 35.5. The molecule has 32 heavy (non-hydrogen) atoms. The molecule has 0 spiro atoms. The summed E-state index contributed by atoms with van der Waals surface area (Å²) in [6.07, 6.45) is 0. The van der Waals surface area contributed by atoms with Crippen molar-refractivity contribution in [2.75, 3.05) is 10.7 Å². The Balaban J connectivity index is 1.68. The van der Waals surface area contributed by atoms with Crippen molar-refractivity contribution in [3.63, 3.8) is 0 Å². The van der Waals surface area contributed by atoms with Crippen molar-refractivity contribution in [1.82, 2.24) is 9.97 Å². The van der Waals surface area contributed by atoms with Crippen molar-refractivity contribution in [3.05, 3.63) is 101 Å². The number of hydrogen-bond donors (Lipinski definition) is 0. The van der Waals surface area contributed by atoms with Gasteiger partial charge in [-0.25, -0.2) is 9.97 Å². The number of halogens is 2. The third-order valence-corrected chi connectivity index (χ3v) is 7.02. The van der Waals surface area contributed by atoms with Crippen LogP contribution in [-0.4, -0.2) is 21.6 Å².